The third kappa shape index (κ3) is 2.24. The van der Waals surface area contributed by atoms with E-state index in [-0.39, 0.29) is 11.3 Å². The average molecular weight is 257 g/mol. The van der Waals surface area contributed by atoms with Crippen molar-refractivity contribution in [3.05, 3.63) is 17.7 Å². The molecule has 0 radical (unpaired) electrons. The molecule has 1 aliphatic heterocycles. The summed E-state index contributed by atoms with van der Waals surface area (Å²) in [7, 11) is -3.19. The lowest BCUT2D eigenvalue weighted by Gasteiger charge is -2.24. The van der Waals surface area contributed by atoms with Gasteiger partial charge in [0.15, 0.2) is 0 Å². The molecule has 6 heteroatoms. The summed E-state index contributed by atoms with van der Waals surface area (Å²) in [5.74, 6) is 0.768. The van der Waals surface area contributed by atoms with Gasteiger partial charge in [0.1, 0.15) is 5.82 Å². The molecule has 0 amide bonds. The molecule has 5 nitrogen and oxygen atoms in total. The van der Waals surface area contributed by atoms with Crippen molar-refractivity contribution in [2.45, 2.75) is 44.9 Å². The number of hydrogen-bond donors (Lipinski definition) is 1. The summed E-state index contributed by atoms with van der Waals surface area (Å²) >= 11 is 0. The van der Waals surface area contributed by atoms with E-state index in [1.165, 1.54) is 0 Å². The van der Waals surface area contributed by atoms with Crippen LogP contribution in [0, 0.1) is 6.92 Å². The van der Waals surface area contributed by atoms with Gasteiger partial charge in [0, 0.05) is 18.4 Å². The fourth-order valence-corrected chi connectivity index (χ4v) is 3.68. The fraction of sp³-hybridized carbons (Fsp3) is 0.727. The zero-order valence-electron chi connectivity index (χ0n) is 10.5. The largest absolute Gasteiger partial charge is 0.345 e. The van der Waals surface area contributed by atoms with Crippen LogP contribution in [-0.2, 0) is 10.0 Å². The molecule has 1 saturated heterocycles. The van der Waals surface area contributed by atoms with E-state index < -0.39 is 10.0 Å². The molecule has 1 N–H and O–H groups in total. The van der Waals surface area contributed by atoms with E-state index in [1.54, 1.807) is 24.3 Å². The Morgan fingerprint density at radius 2 is 2.24 bits per heavy atom. The number of hydrogen-bond acceptors (Lipinski definition) is 3. The first-order valence-electron chi connectivity index (χ1n) is 5.95. The lowest BCUT2D eigenvalue weighted by Crippen LogP contribution is -2.36. The van der Waals surface area contributed by atoms with Gasteiger partial charge in [-0.05, 0) is 33.6 Å². The summed E-state index contributed by atoms with van der Waals surface area (Å²) in [5, 5.41) is -0.376. The van der Waals surface area contributed by atoms with E-state index in [2.05, 4.69) is 9.97 Å². The Morgan fingerprint density at radius 3 is 2.76 bits per heavy atom. The van der Waals surface area contributed by atoms with Gasteiger partial charge in [0.05, 0.1) is 11.3 Å². The number of nitrogens with one attached hydrogen (secondary N) is 1. The zero-order chi connectivity index (χ0) is 12.6. The van der Waals surface area contributed by atoms with Crippen LogP contribution in [0.2, 0.25) is 0 Å². The molecule has 0 aliphatic carbocycles. The predicted molar refractivity (Wildman–Crippen MR) is 66.1 cm³/mol. The summed E-state index contributed by atoms with van der Waals surface area (Å²) in [5.41, 5.74) is 0.966. The molecule has 0 spiro atoms. The van der Waals surface area contributed by atoms with E-state index in [9.17, 15) is 8.42 Å². The summed E-state index contributed by atoms with van der Waals surface area (Å²) in [4.78, 5) is 7.40. The number of nitrogens with zero attached hydrogens (tertiary/aromatic N) is 2. The van der Waals surface area contributed by atoms with E-state index in [4.69, 9.17) is 0 Å². The molecule has 1 fully saturated rings. The van der Waals surface area contributed by atoms with Crippen LogP contribution in [0.25, 0.3) is 0 Å². The number of H-pyrrole nitrogens is 1. The highest BCUT2D eigenvalue weighted by atomic mass is 32.2. The highest BCUT2D eigenvalue weighted by Gasteiger charge is 2.37. The number of aromatic amines is 1. The van der Waals surface area contributed by atoms with Gasteiger partial charge < -0.3 is 4.98 Å². The normalized spacial score (nSPS) is 22.5. The van der Waals surface area contributed by atoms with Gasteiger partial charge in [-0.3, -0.25) is 0 Å². The number of rotatable bonds is 3. The molecule has 1 aromatic heterocycles. The summed E-state index contributed by atoms with van der Waals surface area (Å²) in [6.45, 7) is 5.97. The molecule has 96 valence electrons. The highest BCUT2D eigenvalue weighted by molar-refractivity contribution is 7.89. The van der Waals surface area contributed by atoms with Crippen LogP contribution >= 0.6 is 0 Å². The molecule has 0 saturated carbocycles. The van der Waals surface area contributed by atoms with Gasteiger partial charge in [0.25, 0.3) is 0 Å². The van der Waals surface area contributed by atoms with Crippen molar-refractivity contribution in [3.8, 4) is 0 Å². The maximum atomic E-state index is 12.2. The predicted octanol–water partition coefficient (Wildman–Crippen LogP) is 1.59. The van der Waals surface area contributed by atoms with Crippen LogP contribution < -0.4 is 0 Å². The molecule has 1 aromatic rings. The lowest BCUT2D eigenvalue weighted by molar-refractivity contribution is 0.381. The molecule has 1 aliphatic rings. The van der Waals surface area contributed by atoms with E-state index in [0.717, 1.165) is 24.4 Å². The Labute approximate surface area is 102 Å². The second-order valence-electron chi connectivity index (χ2n) is 4.81. The Balaban J connectivity index is 2.30. The van der Waals surface area contributed by atoms with Crippen molar-refractivity contribution < 1.29 is 8.42 Å². The quantitative estimate of drug-likeness (QED) is 0.894. The topological polar surface area (TPSA) is 66.1 Å². The minimum atomic E-state index is -3.19. The molecule has 1 atom stereocenters. The maximum absolute atomic E-state index is 12.2. The van der Waals surface area contributed by atoms with Crippen LogP contribution in [-0.4, -0.2) is 34.5 Å². The lowest BCUT2D eigenvalue weighted by atomic mass is 10.2. The van der Waals surface area contributed by atoms with Crippen LogP contribution in [0.4, 0.5) is 0 Å². The number of aromatic nitrogens is 2. The van der Waals surface area contributed by atoms with E-state index in [1.807, 2.05) is 6.92 Å². The molecular formula is C11H19N3O2S. The minimum absolute atomic E-state index is 0.115. The number of imidazole rings is 1. The van der Waals surface area contributed by atoms with Crippen molar-refractivity contribution in [1.29, 1.82) is 0 Å². The van der Waals surface area contributed by atoms with Crippen molar-refractivity contribution in [2.75, 3.05) is 6.54 Å². The van der Waals surface area contributed by atoms with Crippen molar-refractivity contribution in [2.24, 2.45) is 0 Å². The number of aryl methyl sites for hydroxylation is 1. The third-order valence-electron chi connectivity index (χ3n) is 3.16. The Morgan fingerprint density at radius 1 is 1.53 bits per heavy atom. The summed E-state index contributed by atoms with van der Waals surface area (Å²) in [6, 6.07) is -0.115. The molecule has 0 aromatic carbocycles. The molecular weight excluding hydrogens is 238 g/mol. The number of sulfonamides is 1. The van der Waals surface area contributed by atoms with E-state index >= 15 is 0 Å². The van der Waals surface area contributed by atoms with Crippen molar-refractivity contribution in [3.63, 3.8) is 0 Å². The second-order valence-corrected chi connectivity index (χ2v) is 7.26. The van der Waals surface area contributed by atoms with E-state index in [0.29, 0.717) is 6.54 Å². The standard InChI is InChI=1S/C11H19N3O2S/c1-8(2)17(15,16)14-6-4-5-10(14)11-12-7-9(3)13-11/h7-8,10H,4-6H2,1-3H3,(H,12,13). The molecule has 17 heavy (non-hydrogen) atoms. The Bertz CT molecular complexity index is 493. The summed E-state index contributed by atoms with van der Waals surface area (Å²) < 4.78 is 26.0. The molecule has 2 heterocycles. The Hall–Kier alpha value is -0.880. The highest BCUT2D eigenvalue weighted by Crippen LogP contribution is 2.33. The first-order chi connectivity index (χ1) is 7.93. The molecule has 2 rings (SSSR count). The van der Waals surface area contributed by atoms with Crippen molar-refractivity contribution >= 4 is 10.0 Å². The molecule has 0 bridgehead atoms. The van der Waals surface area contributed by atoms with Crippen LogP contribution in [0.15, 0.2) is 6.20 Å². The SMILES string of the molecule is Cc1cnc(C2CCCN2S(=O)(=O)C(C)C)[nH]1. The second kappa shape index (κ2) is 4.42. The van der Waals surface area contributed by atoms with Crippen LogP contribution in [0.1, 0.15) is 44.2 Å². The average Bonchev–Trinajstić information content (AvgIpc) is 2.84. The van der Waals surface area contributed by atoms with Gasteiger partial charge in [-0.15, -0.1) is 0 Å². The summed E-state index contributed by atoms with van der Waals surface area (Å²) in [6.07, 6.45) is 3.49. The maximum Gasteiger partial charge on any atom is 0.217 e. The zero-order valence-corrected chi connectivity index (χ0v) is 11.3. The third-order valence-corrected chi connectivity index (χ3v) is 5.45. The first kappa shape index (κ1) is 12.6. The van der Waals surface area contributed by atoms with Crippen LogP contribution in [0.5, 0.6) is 0 Å². The fourth-order valence-electron chi connectivity index (χ4n) is 2.19. The van der Waals surface area contributed by atoms with Crippen LogP contribution in [0.3, 0.4) is 0 Å². The van der Waals surface area contributed by atoms with Gasteiger partial charge in [-0.25, -0.2) is 13.4 Å². The first-order valence-corrected chi connectivity index (χ1v) is 7.45. The monoisotopic (exact) mass is 257 g/mol. The minimum Gasteiger partial charge on any atom is -0.345 e. The van der Waals surface area contributed by atoms with Gasteiger partial charge in [0.2, 0.25) is 10.0 Å². The molecule has 1 unspecified atom stereocenters. The van der Waals surface area contributed by atoms with Gasteiger partial charge >= 0.3 is 0 Å². The smallest absolute Gasteiger partial charge is 0.217 e. The van der Waals surface area contributed by atoms with Crippen molar-refractivity contribution in [1.82, 2.24) is 14.3 Å². The van der Waals surface area contributed by atoms with Gasteiger partial charge in [-0.1, -0.05) is 0 Å². The Kier molecular flexibility index (Phi) is 3.27. The van der Waals surface area contributed by atoms with Gasteiger partial charge in [-0.2, -0.15) is 4.31 Å².